The number of hydrogen-bond acceptors (Lipinski definition) is 2. The molecule has 0 saturated heterocycles. The van der Waals surface area contributed by atoms with Crippen LogP contribution < -0.4 is 0 Å². The lowest BCUT2D eigenvalue weighted by Crippen LogP contribution is -1.94. The van der Waals surface area contributed by atoms with E-state index in [0.717, 1.165) is 22.6 Å². The molecule has 0 aliphatic heterocycles. The van der Waals surface area contributed by atoms with Gasteiger partial charge in [0.25, 0.3) is 0 Å². The first-order valence-corrected chi connectivity index (χ1v) is 7.61. The number of nitrogens with zero attached hydrogens (tertiary/aromatic N) is 3. The summed E-state index contributed by atoms with van der Waals surface area (Å²) < 4.78 is 1.90. The van der Waals surface area contributed by atoms with Crippen molar-refractivity contribution in [3.05, 3.63) is 58.9 Å². The van der Waals surface area contributed by atoms with E-state index in [9.17, 15) is 0 Å². The van der Waals surface area contributed by atoms with E-state index in [0.29, 0.717) is 17.4 Å². The second-order valence-electron chi connectivity index (χ2n) is 5.59. The lowest BCUT2D eigenvalue weighted by molar-refractivity contribution is 0.867. The summed E-state index contributed by atoms with van der Waals surface area (Å²) >= 11 is 6.07. The van der Waals surface area contributed by atoms with Crippen LogP contribution in [0.2, 0.25) is 5.02 Å². The molecule has 110 valence electrons. The molecule has 0 unspecified atom stereocenters. The minimum absolute atomic E-state index is 0.294. The van der Waals surface area contributed by atoms with Crippen molar-refractivity contribution in [3.63, 3.8) is 0 Å². The zero-order valence-electron chi connectivity index (χ0n) is 12.5. The van der Waals surface area contributed by atoms with E-state index in [2.05, 4.69) is 49.2 Å². The SMILES string of the molecule is CC(C)c1ccc(-c2nc3ccc(Cl)cn3c2CC#N)cc1. The number of nitriles is 1. The monoisotopic (exact) mass is 309 g/mol. The topological polar surface area (TPSA) is 41.1 Å². The zero-order valence-corrected chi connectivity index (χ0v) is 13.3. The number of pyridine rings is 1. The van der Waals surface area contributed by atoms with Crippen LogP contribution in [0.25, 0.3) is 16.9 Å². The summed E-state index contributed by atoms with van der Waals surface area (Å²) in [4.78, 5) is 4.67. The van der Waals surface area contributed by atoms with E-state index in [1.807, 2.05) is 22.7 Å². The van der Waals surface area contributed by atoms with Gasteiger partial charge in [0.05, 0.1) is 28.9 Å². The van der Waals surface area contributed by atoms with Gasteiger partial charge in [-0.05, 0) is 23.6 Å². The minimum atomic E-state index is 0.294. The molecular weight excluding hydrogens is 294 g/mol. The van der Waals surface area contributed by atoms with Gasteiger partial charge < -0.3 is 4.40 Å². The molecule has 0 atom stereocenters. The molecule has 0 saturated carbocycles. The third-order valence-corrected chi connectivity index (χ3v) is 4.00. The van der Waals surface area contributed by atoms with E-state index in [-0.39, 0.29) is 0 Å². The molecule has 0 radical (unpaired) electrons. The smallest absolute Gasteiger partial charge is 0.137 e. The molecule has 0 bridgehead atoms. The quantitative estimate of drug-likeness (QED) is 0.694. The molecule has 2 heterocycles. The van der Waals surface area contributed by atoms with Crippen molar-refractivity contribution < 1.29 is 0 Å². The maximum atomic E-state index is 9.13. The van der Waals surface area contributed by atoms with Crippen LogP contribution in [0.15, 0.2) is 42.6 Å². The Hall–Kier alpha value is -2.31. The molecule has 3 rings (SSSR count). The zero-order chi connectivity index (χ0) is 15.7. The Morgan fingerprint density at radius 3 is 2.55 bits per heavy atom. The van der Waals surface area contributed by atoms with Gasteiger partial charge in [-0.2, -0.15) is 5.26 Å². The minimum Gasteiger partial charge on any atom is -0.301 e. The first kappa shape index (κ1) is 14.6. The molecule has 2 aromatic heterocycles. The van der Waals surface area contributed by atoms with E-state index >= 15 is 0 Å². The molecule has 0 spiro atoms. The lowest BCUT2D eigenvalue weighted by Gasteiger charge is -2.06. The fraction of sp³-hybridized carbons (Fsp3) is 0.222. The van der Waals surface area contributed by atoms with Crippen LogP contribution in [0.1, 0.15) is 31.0 Å². The Balaban J connectivity index is 2.17. The molecule has 0 fully saturated rings. The number of halogens is 1. The highest BCUT2D eigenvalue weighted by molar-refractivity contribution is 6.30. The Labute approximate surface area is 134 Å². The van der Waals surface area contributed by atoms with Crippen molar-refractivity contribution >= 4 is 17.2 Å². The van der Waals surface area contributed by atoms with Gasteiger partial charge in [-0.3, -0.25) is 0 Å². The van der Waals surface area contributed by atoms with Gasteiger partial charge in [0.1, 0.15) is 5.65 Å². The molecule has 22 heavy (non-hydrogen) atoms. The van der Waals surface area contributed by atoms with E-state index < -0.39 is 0 Å². The van der Waals surface area contributed by atoms with Crippen LogP contribution in [0.4, 0.5) is 0 Å². The van der Waals surface area contributed by atoms with Crippen LogP contribution >= 0.6 is 11.6 Å². The predicted molar refractivity (Wildman–Crippen MR) is 89.0 cm³/mol. The second-order valence-corrected chi connectivity index (χ2v) is 6.03. The summed E-state index contributed by atoms with van der Waals surface area (Å²) in [5, 5.41) is 9.76. The summed E-state index contributed by atoms with van der Waals surface area (Å²) in [7, 11) is 0. The van der Waals surface area contributed by atoms with E-state index in [1.165, 1.54) is 5.56 Å². The number of benzene rings is 1. The van der Waals surface area contributed by atoms with Gasteiger partial charge in [-0.1, -0.05) is 49.7 Å². The Kier molecular flexibility index (Phi) is 3.87. The first-order valence-electron chi connectivity index (χ1n) is 7.24. The maximum absolute atomic E-state index is 9.13. The third kappa shape index (κ3) is 2.58. The van der Waals surface area contributed by atoms with Crippen LogP contribution in [-0.4, -0.2) is 9.38 Å². The van der Waals surface area contributed by atoms with Crippen molar-refractivity contribution in [1.82, 2.24) is 9.38 Å². The Morgan fingerprint density at radius 1 is 1.18 bits per heavy atom. The molecule has 0 amide bonds. The second kappa shape index (κ2) is 5.82. The fourth-order valence-corrected chi connectivity index (χ4v) is 2.73. The van der Waals surface area contributed by atoms with Gasteiger partial charge in [-0.25, -0.2) is 4.98 Å². The maximum Gasteiger partial charge on any atom is 0.137 e. The summed E-state index contributed by atoms with van der Waals surface area (Å²) in [6.45, 7) is 4.34. The molecule has 3 aromatic rings. The van der Waals surface area contributed by atoms with Crippen molar-refractivity contribution in [2.24, 2.45) is 0 Å². The number of fused-ring (bicyclic) bond motifs is 1. The molecule has 0 N–H and O–H groups in total. The number of imidazole rings is 1. The molecule has 0 aliphatic carbocycles. The van der Waals surface area contributed by atoms with Crippen molar-refractivity contribution in [2.45, 2.75) is 26.2 Å². The van der Waals surface area contributed by atoms with Crippen molar-refractivity contribution in [3.8, 4) is 17.3 Å². The van der Waals surface area contributed by atoms with E-state index in [1.54, 1.807) is 0 Å². The number of rotatable bonds is 3. The first-order chi connectivity index (χ1) is 10.6. The summed E-state index contributed by atoms with van der Waals surface area (Å²) in [5.41, 5.74) is 4.83. The molecule has 1 aromatic carbocycles. The van der Waals surface area contributed by atoms with Crippen molar-refractivity contribution in [2.75, 3.05) is 0 Å². The Bertz CT molecular complexity index is 854. The summed E-state index contributed by atoms with van der Waals surface area (Å²) in [5.74, 6) is 0.493. The highest BCUT2D eigenvalue weighted by Crippen LogP contribution is 2.27. The van der Waals surface area contributed by atoms with Crippen LogP contribution in [-0.2, 0) is 6.42 Å². The largest absolute Gasteiger partial charge is 0.301 e. The van der Waals surface area contributed by atoms with Crippen molar-refractivity contribution in [1.29, 1.82) is 5.26 Å². The molecule has 0 aliphatic rings. The van der Waals surface area contributed by atoms with Crippen LogP contribution in [0.5, 0.6) is 0 Å². The van der Waals surface area contributed by atoms with Gasteiger partial charge in [0.15, 0.2) is 0 Å². The van der Waals surface area contributed by atoms with Gasteiger partial charge >= 0.3 is 0 Å². The highest BCUT2D eigenvalue weighted by Gasteiger charge is 2.14. The van der Waals surface area contributed by atoms with Gasteiger partial charge in [-0.15, -0.1) is 0 Å². The van der Waals surface area contributed by atoms with Crippen LogP contribution in [0.3, 0.4) is 0 Å². The molecular formula is C18H16ClN3. The lowest BCUT2D eigenvalue weighted by atomic mass is 10.00. The average molecular weight is 310 g/mol. The highest BCUT2D eigenvalue weighted by atomic mass is 35.5. The van der Waals surface area contributed by atoms with Gasteiger partial charge in [0.2, 0.25) is 0 Å². The average Bonchev–Trinajstić information content (AvgIpc) is 2.86. The standard InChI is InChI=1S/C18H16ClN3/c1-12(2)13-3-5-14(6-4-13)18-16(9-10-20)22-11-15(19)7-8-17(22)21-18/h3-8,11-12H,9H2,1-2H3. The van der Waals surface area contributed by atoms with E-state index in [4.69, 9.17) is 16.9 Å². The summed E-state index contributed by atoms with van der Waals surface area (Å²) in [6, 6.07) is 14.3. The third-order valence-electron chi connectivity index (χ3n) is 3.78. The summed E-state index contributed by atoms with van der Waals surface area (Å²) in [6.07, 6.45) is 2.10. The van der Waals surface area contributed by atoms with Gasteiger partial charge in [0, 0.05) is 11.8 Å². The molecule has 4 heteroatoms. The number of aromatic nitrogens is 2. The van der Waals surface area contributed by atoms with Crippen LogP contribution in [0, 0.1) is 11.3 Å². The normalized spacial score (nSPS) is 11.0. The fourth-order valence-electron chi connectivity index (χ4n) is 2.57. The Morgan fingerprint density at radius 2 is 1.91 bits per heavy atom. The number of hydrogen-bond donors (Lipinski definition) is 0. The molecule has 3 nitrogen and oxygen atoms in total. The predicted octanol–water partition coefficient (Wildman–Crippen LogP) is 4.84.